The molecule has 0 fully saturated rings. The van der Waals surface area contributed by atoms with Crippen LogP contribution in [0, 0.1) is 0 Å². The topological polar surface area (TPSA) is 94.3 Å². The first-order valence-corrected chi connectivity index (χ1v) is 10.3. The van der Waals surface area contributed by atoms with E-state index < -0.39 is 31.2 Å². The summed E-state index contributed by atoms with van der Waals surface area (Å²) in [5.74, 6) is -0.857. The zero-order valence-corrected chi connectivity index (χ0v) is 13.5. The van der Waals surface area contributed by atoms with Crippen molar-refractivity contribution in [2.24, 2.45) is 5.73 Å². The van der Waals surface area contributed by atoms with Crippen LogP contribution < -0.4 is 5.73 Å². The maximum absolute atomic E-state index is 12.2. The van der Waals surface area contributed by atoms with Gasteiger partial charge in [-0.3, -0.25) is 0 Å². The van der Waals surface area contributed by atoms with Crippen LogP contribution >= 0.6 is 11.3 Å². The molecular formula is C13H15NO4S3. The van der Waals surface area contributed by atoms with Crippen molar-refractivity contribution in [2.75, 3.05) is 11.5 Å². The molecule has 1 aromatic carbocycles. The van der Waals surface area contributed by atoms with Gasteiger partial charge in [0.05, 0.1) is 16.4 Å². The number of sulfone groups is 2. The van der Waals surface area contributed by atoms with Crippen LogP contribution in [0.3, 0.4) is 0 Å². The molecule has 1 aromatic heterocycles. The van der Waals surface area contributed by atoms with Crippen LogP contribution in [-0.2, 0) is 26.2 Å². The van der Waals surface area contributed by atoms with E-state index in [2.05, 4.69) is 0 Å². The van der Waals surface area contributed by atoms with Crippen LogP contribution in [0.25, 0.3) is 0 Å². The van der Waals surface area contributed by atoms with Gasteiger partial charge in [0.15, 0.2) is 19.7 Å². The van der Waals surface area contributed by atoms with Gasteiger partial charge in [-0.2, -0.15) is 0 Å². The van der Waals surface area contributed by atoms with Crippen LogP contribution in [0.2, 0.25) is 0 Å². The molecule has 0 aliphatic carbocycles. The van der Waals surface area contributed by atoms with E-state index in [9.17, 15) is 16.8 Å². The first kappa shape index (κ1) is 16.2. The number of rotatable bonds is 6. The summed E-state index contributed by atoms with van der Waals surface area (Å²) in [4.78, 5) is 0.112. The standard InChI is InChI=1S/C13H15NO4S3/c14-10-11-3-5-12(6-4-11)20(15,16)8-9-21(17,18)13-2-1-7-19-13/h1-7H,8-10,14H2. The molecule has 2 aromatic rings. The highest BCUT2D eigenvalue weighted by atomic mass is 32.2. The van der Waals surface area contributed by atoms with Gasteiger partial charge in [0, 0.05) is 6.54 Å². The van der Waals surface area contributed by atoms with Gasteiger partial charge >= 0.3 is 0 Å². The third kappa shape index (κ3) is 3.91. The Balaban J connectivity index is 2.14. The number of hydrogen-bond acceptors (Lipinski definition) is 6. The van der Waals surface area contributed by atoms with Crippen LogP contribution in [0.5, 0.6) is 0 Å². The van der Waals surface area contributed by atoms with Crippen molar-refractivity contribution in [2.45, 2.75) is 15.6 Å². The molecule has 0 saturated carbocycles. The van der Waals surface area contributed by atoms with Gasteiger partial charge in [0.1, 0.15) is 4.21 Å². The quantitative estimate of drug-likeness (QED) is 0.855. The lowest BCUT2D eigenvalue weighted by atomic mass is 10.2. The number of nitrogens with two attached hydrogens (primary N) is 1. The molecule has 0 saturated heterocycles. The Morgan fingerprint density at radius 3 is 2.05 bits per heavy atom. The molecule has 2 N–H and O–H groups in total. The van der Waals surface area contributed by atoms with Gasteiger partial charge in [0.25, 0.3) is 0 Å². The van der Waals surface area contributed by atoms with Gasteiger partial charge < -0.3 is 5.73 Å². The van der Waals surface area contributed by atoms with E-state index in [0.717, 1.165) is 16.9 Å². The first-order chi connectivity index (χ1) is 9.85. The summed E-state index contributed by atoms with van der Waals surface area (Å²) in [7, 11) is -7.18. The Hall–Kier alpha value is -1.22. The molecule has 5 nitrogen and oxygen atoms in total. The normalized spacial score (nSPS) is 12.4. The van der Waals surface area contributed by atoms with Gasteiger partial charge in [-0.05, 0) is 29.1 Å². The Morgan fingerprint density at radius 1 is 0.905 bits per heavy atom. The lowest BCUT2D eigenvalue weighted by Gasteiger charge is -2.06. The fraction of sp³-hybridized carbons (Fsp3) is 0.231. The molecule has 2 rings (SSSR count). The minimum absolute atomic E-state index is 0.112. The Bertz CT molecular complexity index is 792. The Kier molecular flexibility index (Phi) is 4.82. The van der Waals surface area contributed by atoms with E-state index in [0.29, 0.717) is 6.54 Å². The Labute approximate surface area is 128 Å². The van der Waals surface area contributed by atoms with Crippen molar-refractivity contribution >= 4 is 31.0 Å². The monoisotopic (exact) mass is 345 g/mol. The molecule has 114 valence electrons. The highest BCUT2D eigenvalue weighted by Crippen LogP contribution is 2.19. The van der Waals surface area contributed by atoms with Crippen molar-refractivity contribution in [1.82, 2.24) is 0 Å². The highest BCUT2D eigenvalue weighted by Gasteiger charge is 2.22. The van der Waals surface area contributed by atoms with Crippen molar-refractivity contribution in [3.05, 3.63) is 47.3 Å². The minimum Gasteiger partial charge on any atom is -0.326 e. The third-order valence-electron chi connectivity index (χ3n) is 2.94. The first-order valence-electron chi connectivity index (χ1n) is 6.13. The van der Waals surface area contributed by atoms with E-state index in [-0.39, 0.29) is 9.10 Å². The summed E-state index contributed by atoms with van der Waals surface area (Å²) in [5, 5.41) is 1.65. The van der Waals surface area contributed by atoms with E-state index in [4.69, 9.17) is 5.73 Å². The Morgan fingerprint density at radius 2 is 1.52 bits per heavy atom. The number of benzene rings is 1. The van der Waals surface area contributed by atoms with Crippen molar-refractivity contribution in [1.29, 1.82) is 0 Å². The van der Waals surface area contributed by atoms with Crippen LogP contribution in [0.4, 0.5) is 0 Å². The SMILES string of the molecule is NCc1ccc(S(=O)(=O)CCS(=O)(=O)c2cccs2)cc1. The van der Waals surface area contributed by atoms with E-state index in [1.54, 1.807) is 23.6 Å². The largest absolute Gasteiger partial charge is 0.326 e. The molecule has 0 bridgehead atoms. The molecule has 21 heavy (non-hydrogen) atoms. The second-order valence-electron chi connectivity index (χ2n) is 4.42. The van der Waals surface area contributed by atoms with Crippen LogP contribution in [0.1, 0.15) is 5.56 Å². The summed E-state index contributed by atoms with van der Waals surface area (Å²) in [6, 6.07) is 9.26. The molecule has 0 amide bonds. The molecule has 0 atom stereocenters. The van der Waals surface area contributed by atoms with E-state index in [1.165, 1.54) is 18.2 Å². The summed E-state index contributed by atoms with van der Waals surface area (Å²) < 4.78 is 48.5. The fourth-order valence-corrected chi connectivity index (χ4v) is 6.19. The number of hydrogen-bond donors (Lipinski definition) is 1. The molecule has 0 aliphatic rings. The fourth-order valence-electron chi connectivity index (χ4n) is 1.71. The summed E-state index contributed by atoms with van der Waals surface area (Å²) in [5.41, 5.74) is 6.27. The predicted molar refractivity (Wildman–Crippen MR) is 82.8 cm³/mol. The van der Waals surface area contributed by atoms with Crippen molar-refractivity contribution in [3.63, 3.8) is 0 Å². The summed E-state index contributed by atoms with van der Waals surface area (Å²) in [6.45, 7) is 0.326. The van der Waals surface area contributed by atoms with Crippen LogP contribution in [-0.4, -0.2) is 28.3 Å². The summed E-state index contributed by atoms with van der Waals surface area (Å²) in [6.07, 6.45) is 0. The maximum Gasteiger partial charge on any atom is 0.188 e. The molecule has 0 aliphatic heterocycles. The minimum atomic E-state index is -3.62. The average Bonchev–Trinajstić information content (AvgIpc) is 3.01. The molecule has 0 radical (unpaired) electrons. The van der Waals surface area contributed by atoms with Gasteiger partial charge in [-0.1, -0.05) is 18.2 Å². The van der Waals surface area contributed by atoms with Crippen molar-refractivity contribution in [3.8, 4) is 0 Å². The molecule has 0 spiro atoms. The van der Waals surface area contributed by atoms with Crippen LogP contribution in [0.15, 0.2) is 50.9 Å². The number of thiophene rings is 1. The van der Waals surface area contributed by atoms with Gasteiger partial charge in [-0.15, -0.1) is 11.3 Å². The average molecular weight is 345 g/mol. The molecular weight excluding hydrogens is 330 g/mol. The molecule has 8 heteroatoms. The third-order valence-corrected chi connectivity index (χ3v) is 8.13. The van der Waals surface area contributed by atoms with Gasteiger partial charge in [-0.25, -0.2) is 16.8 Å². The van der Waals surface area contributed by atoms with E-state index in [1.807, 2.05) is 0 Å². The van der Waals surface area contributed by atoms with E-state index >= 15 is 0 Å². The van der Waals surface area contributed by atoms with Crippen molar-refractivity contribution < 1.29 is 16.8 Å². The zero-order chi connectivity index (χ0) is 15.5. The zero-order valence-electron chi connectivity index (χ0n) is 11.1. The lowest BCUT2D eigenvalue weighted by Crippen LogP contribution is -2.17. The summed E-state index contributed by atoms with van der Waals surface area (Å²) >= 11 is 1.08. The van der Waals surface area contributed by atoms with Gasteiger partial charge in [0.2, 0.25) is 0 Å². The molecule has 1 heterocycles. The predicted octanol–water partition coefficient (Wildman–Crippen LogP) is 1.45. The molecule has 0 unspecified atom stereocenters. The lowest BCUT2D eigenvalue weighted by molar-refractivity contribution is 0.588. The second-order valence-corrected chi connectivity index (χ2v) is 9.81. The second kappa shape index (κ2) is 6.27. The maximum atomic E-state index is 12.2. The smallest absolute Gasteiger partial charge is 0.188 e. The highest BCUT2D eigenvalue weighted by molar-refractivity contribution is 7.96.